The van der Waals surface area contributed by atoms with Crippen LogP contribution in [0.3, 0.4) is 0 Å². The first kappa shape index (κ1) is 16.7. The molecule has 0 aromatic rings. The summed E-state index contributed by atoms with van der Waals surface area (Å²) in [6.45, 7) is 2.16. The van der Waals surface area contributed by atoms with Crippen LogP contribution in [0.2, 0.25) is 0 Å². The van der Waals surface area contributed by atoms with E-state index in [9.17, 15) is 18.0 Å². The Kier molecular flexibility index (Phi) is 6.25. The number of hydrogen-bond acceptors (Lipinski definition) is 4. The Morgan fingerprint density at radius 1 is 1.40 bits per heavy atom. The van der Waals surface area contributed by atoms with E-state index in [0.29, 0.717) is 25.8 Å². The minimum Gasteiger partial charge on any atom is -0.481 e. The molecule has 0 saturated carbocycles. The van der Waals surface area contributed by atoms with Gasteiger partial charge in [-0.25, -0.2) is 13.2 Å². The van der Waals surface area contributed by atoms with Crippen molar-refractivity contribution in [2.24, 2.45) is 5.92 Å². The smallest absolute Gasteiger partial charge is 0.315 e. The molecule has 7 nitrogen and oxygen atoms in total. The molecule has 0 radical (unpaired) electrons. The summed E-state index contributed by atoms with van der Waals surface area (Å²) in [4.78, 5) is 21.9. The van der Waals surface area contributed by atoms with Gasteiger partial charge < -0.3 is 15.7 Å². The van der Waals surface area contributed by atoms with Gasteiger partial charge in [-0.05, 0) is 32.1 Å². The number of rotatable bonds is 7. The molecule has 20 heavy (non-hydrogen) atoms. The normalized spacial score (nSPS) is 22.1. The number of sulfone groups is 1. The molecule has 3 N–H and O–H groups in total. The first-order chi connectivity index (χ1) is 9.28. The van der Waals surface area contributed by atoms with Crippen LogP contribution in [0.5, 0.6) is 0 Å². The van der Waals surface area contributed by atoms with Crippen LogP contribution in [0.25, 0.3) is 0 Å². The monoisotopic (exact) mass is 306 g/mol. The lowest BCUT2D eigenvalue weighted by atomic mass is 10.1. The largest absolute Gasteiger partial charge is 0.481 e. The number of carboxylic acids is 1. The Labute approximate surface area is 119 Å². The number of carboxylic acid groups (broad SMARTS) is 1. The molecule has 1 aliphatic rings. The predicted octanol–water partition coefficient (Wildman–Crippen LogP) is 0.364. The fourth-order valence-electron chi connectivity index (χ4n) is 2.18. The third-order valence-corrected chi connectivity index (χ3v) is 5.12. The minimum absolute atomic E-state index is 0.00642. The van der Waals surface area contributed by atoms with Gasteiger partial charge in [0.05, 0.1) is 11.5 Å². The molecule has 0 aromatic heterocycles. The topological polar surface area (TPSA) is 113 Å². The second kappa shape index (κ2) is 7.47. The van der Waals surface area contributed by atoms with Crippen LogP contribution in [0, 0.1) is 5.92 Å². The van der Waals surface area contributed by atoms with E-state index in [0.717, 1.165) is 0 Å². The van der Waals surface area contributed by atoms with E-state index in [2.05, 4.69) is 10.6 Å². The quantitative estimate of drug-likeness (QED) is 0.629. The van der Waals surface area contributed by atoms with E-state index in [1.807, 2.05) is 6.92 Å². The SMILES string of the molecule is CC(CCCC(=O)O)NC(=O)NCC1CCS(=O)(=O)C1. The van der Waals surface area contributed by atoms with Crippen LogP contribution < -0.4 is 10.6 Å². The van der Waals surface area contributed by atoms with Crippen LogP contribution in [0.4, 0.5) is 4.79 Å². The van der Waals surface area contributed by atoms with Crippen molar-refractivity contribution in [2.75, 3.05) is 18.1 Å². The van der Waals surface area contributed by atoms with Crippen LogP contribution >= 0.6 is 0 Å². The Morgan fingerprint density at radius 3 is 2.65 bits per heavy atom. The van der Waals surface area contributed by atoms with Crippen molar-refractivity contribution < 1.29 is 23.1 Å². The Hall–Kier alpha value is -1.31. The summed E-state index contributed by atoms with van der Waals surface area (Å²) >= 11 is 0. The molecule has 2 atom stereocenters. The lowest BCUT2D eigenvalue weighted by Crippen LogP contribution is -2.42. The van der Waals surface area contributed by atoms with E-state index >= 15 is 0 Å². The van der Waals surface area contributed by atoms with Crippen molar-refractivity contribution in [3.63, 3.8) is 0 Å². The van der Waals surface area contributed by atoms with Gasteiger partial charge in [-0.2, -0.15) is 0 Å². The summed E-state index contributed by atoms with van der Waals surface area (Å²) in [6.07, 6.45) is 1.79. The highest BCUT2D eigenvalue weighted by Gasteiger charge is 2.27. The summed E-state index contributed by atoms with van der Waals surface area (Å²) in [7, 11) is -2.91. The molecule has 0 spiro atoms. The first-order valence-electron chi connectivity index (χ1n) is 6.75. The Morgan fingerprint density at radius 2 is 2.10 bits per heavy atom. The summed E-state index contributed by atoms with van der Waals surface area (Å²) in [5.41, 5.74) is 0. The van der Waals surface area contributed by atoms with Crippen LogP contribution in [-0.2, 0) is 14.6 Å². The fraction of sp³-hybridized carbons (Fsp3) is 0.833. The zero-order valence-electron chi connectivity index (χ0n) is 11.6. The molecular formula is C12H22N2O5S. The van der Waals surface area contributed by atoms with Crippen LogP contribution in [0.15, 0.2) is 0 Å². The van der Waals surface area contributed by atoms with Crippen molar-refractivity contribution in [1.82, 2.24) is 10.6 Å². The molecule has 1 saturated heterocycles. The lowest BCUT2D eigenvalue weighted by molar-refractivity contribution is -0.137. The van der Waals surface area contributed by atoms with Gasteiger partial charge in [0.1, 0.15) is 0 Å². The van der Waals surface area contributed by atoms with E-state index in [1.165, 1.54) is 0 Å². The number of hydrogen-bond donors (Lipinski definition) is 3. The van der Waals surface area contributed by atoms with Gasteiger partial charge in [-0.3, -0.25) is 4.79 Å². The minimum atomic E-state index is -2.91. The maximum atomic E-state index is 11.6. The van der Waals surface area contributed by atoms with Crippen molar-refractivity contribution in [3.8, 4) is 0 Å². The van der Waals surface area contributed by atoms with Gasteiger partial charge in [0.2, 0.25) is 0 Å². The maximum absolute atomic E-state index is 11.6. The highest BCUT2D eigenvalue weighted by atomic mass is 32.2. The average Bonchev–Trinajstić information content (AvgIpc) is 2.66. The fourth-order valence-corrected chi connectivity index (χ4v) is 4.04. The number of carbonyl (C=O) groups excluding carboxylic acids is 1. The number of nitrogens with one attached hydrogen (secondary N) is 2. The van der Waals surface area contributed by atoms with E-state index in [-0.39, 0.29) is 35.9 Å². The van der Waals surface area contributed by atoms with Gasteiger partial charge in [0.25, 0.3) is 0 Å². The van der Waals surface area contributed by atoms with Crippen LogP contribution in [0.1, 0.15) is 32.6 Å². The molecule has 0 bridgehead atoms. The first-order valence-corrected chi connectivity index (χ1v) is 8.57. The van der Waals surface area contributed by atoms with Gasteiger partial charge >= 0.3 is 12.0 Å². The van der Waals surface area contributed by atoms with E-state index in [4.69, 9.17) is 5.11 Å². The maximum Gasteiger partial charge on any atom is 0.315 e. The highest BCUT2D eigenvalue weighted by molar-refractivity contribution is 7.91. The van der Waals surface area contributed by atoms with E-state index in [1.54, 1.807) is 0 Å². The Balaban J connectivity index is 2.15. The number of carbonyl (C=O) groups is 2. The molecule has 2 unspecified atom stereocenters. The third kappa shape index (κ3) is 6.74. The summed E-state index contributed by atoms with van der Waals surface area (Å²) in [5, 5.41) is 13.9. The standard InChI is InChI=1S/C12H22N2O5S/c1-9(3-2-4-11(15)16)14-12(17)13-7-10-5-6-20(18,19)8-10/h9-10H,2-8H2,1H3,(H,15,16)(H2,13,14,17). The van der Waals surface area contributed by atoms with Crippen molar-refractivity contribution in [1.29, 1.82) is 0 Å². The summed E-state index contributed by atoms with van der Waals surface area (Å²) in [5.74, 6) is -0.509. The average molecular weight is 306 g/mol. The van der Waals surface area contributed by atoms with Crippen molar-refractivity contribution in [3.05, 3.63) is 0 Å². The molecule has 1 rings (SSSR count). The molecule has 1 aliphatic heterocycles. The van der Waals surface area contributed by atoms with Crippen molar-refractivity contribution in [2.45, 2.75) is 38.6 Å². The molecule has 0 aliphatic carbocycles. The van der Waals surface area contributed by atoms with Crippen molar-refractivity contribution >= 4 is 21.8 Å². The molecule has 116 valence electrons. The molecule has 1 fully saturated rings. The van der Waals surface area contributed by atoms with Gasteiger partial charge in [-0.1, -0.05) is 0 Å². The highest BCUT2D eigenvalue weighted by Crippen LogP contribution is 2.17. The summed E-state index contributed by atoms with van der Waals surface area (Å²) < 4.78 is 22.5. The van der Waals surface area contributed by atoms with Gasteiger partial charge in [-0.15, -0.1) is 0 Å². The lowest BCUT2D eigenvalue weighted by Gasteiger charge is -2.15. The van der Waals surface area contributed by atoms with Gasteiger partial charge in [0, 0.05) is 19.0 Å². The number of amides is 2. The predicted molar refractivity (Wildman–Crippen MR) is 74.2 cm³/mol. The second-order valence-corrected chi connectivity index (χ2v) is 7.54. The third-order valence-electron chi connectivity index (χ3n) is 3.28. The van der Waals surface area contributed by atoms with Gasteiger partial charge in [0.15, 0.2) is 9.84 Å². The Bertz CT molecular complexity index is 449. The zero-order chi connectivity index (χ0) is 15.2. The zero-order valence-corrected chi connectivity index (χ0v) is 12.4. The summed E-state index contributed by atoms with van der Waals surface area (Å²) in [6, 6.07) is -0.446. The van der Waals surface area contributed by atoms with Crippen LogP contribution in [-0.4, -0.2) is 49.6 Å². The number of aliphatic carboxylic acids is 1. The number of urea groups is 1. The van der Waals surface area contributed by atoms with E-state index < -0.39 is 15.8 Å². The second-order valence-electron chi connectivity index (χ2n) is 5.31. The molecular weight excluding hydrogens is 284 g/mol. The molecule has 8 heteroatoms. The molecule has 0 aromatic carbocycles. The molecule has 1 heterocycles. The molecule has 2 amide bonds.